The number of carboxylic acid groups (broad SMARTS) is 2. The van der Waals surface area contributed by atoms with Crippen molar-refractivity contribution in [3.05, 3.63) is 0 Å². The molecular weight excluding hydrogens is 590 g/mol. The summed E-state index contributed by atoms with van der Waals surface area (Å²) < 4.78 is 54.0. The molecule has 0 saturated heterocycles. The van der Waals surface area contributed by atoms with Crippen LogP contribution in [0.5, 0.6) is 0 Å². The number of rotatable bonds is 22. The minimum Gasteiger partial charge on any atom is -0.550 e. The maximum Gasteiger partial charge on any atom is 1.00 e. The normalized spacial score (nSPS) is 10.7. The van der Waals surface area contributed by atoms with E-state index in [0.29, 0.717) is 12.8 Å². The molecule has 0 atom stereocenters. The van der Waals surface area contributed by atoms with Crippen LogP contribution in [0.2, 0.25) is 0 Å². The van der Waals surface area contributed by atoms with E-state index in [0.717, 1.165) is 64.2 Å². The molecule has 0 spiro atoms. The van der Waals surface area contributed by atoms with Gasteiger partial charge in [-0.3, -0.25) is 9.59 Å². The zero-order chi connectivity index (χ0) is 29.5. The van der Waals surface area contributed by atoms with E-state index in [2.05, 4.69) is 22.2 Å². The van der Waals surface area contributed by atoms with Crippen molar-refractivity contribution < 1.29 is 114 Å². The Morgan fingerprint density at radius 2 is 0.775 bits per heavy atom. The van der Waals surface area contributed by atoms with Crippen LogP contribution in [0.15, 0.2) is 0 Å². The molecule has 0 heterocycles. The standard InChI is InChI=1S/2C12H22O6S.2Na/c2*1-2-3-4-5-6-7-10-19(16,17)18-12(15)9-8-11(13)14;;/h2*2-10H2,1H3,(H,13,14);;/q;;2*+1/p-2. The summed E-state index contributed by atoms with van der Waals surface area (Å²) in [5.74, 6) is -5.34. The van der Waals surface area contributed by atoms with E-state index >= 15 is 0 Å². The first-order chi connectivity index (χ1) is 17.7. The second-order valence-corrected chi connectivity index (χ2v) is 12.1. The predicted octanol–water partition coefficient (Wildman–Crippen LogP) is -4.49. The maximum absolute atomic E-state index is 11.4. The molecule has 0 fully saturated rings. The smallest absolute Gasteiger partial charge is 0.550 e. The first kappa shape index (κ1) is 46.7. The van der Waals surface area contributed by atoms with E-state index in [1.165, 1.54) is 0 Å². The molecule has 0 aromatic rings. The summed E-state index contributed by atoms with van der Waals surface area (Å²) in [6, 6.07) is 0. The van der Waals surface area contributed by atoms with Gasteiger partial charge in [0.2, 0.25) is 0 Å². The minimum atomic E-state index is -3.88. The van der Waals surface area contributed by atoms with Crippen molar-refractivity contribution in [1.82, 2.24) is 0 Å². The third-order valence-electron chi connectivity index (χ3n) is 5.00. The topological polar surface area (TPSA) is 201 Å². The monoisotopic (exact) mass is 632 g/mol. The van der Waals surface area contributed by atoms with E-state index in [9.17, 15) is 46.2 Å². The molecule has 0 aromatic heterocycles. The third kappa shape index (κ3) is 35.8. The average Bonchev–Trinajstić information content (AvgIpc) is 2.80. The summed E-state index contributed by atoms with van der Waals surface area (Å²) in [5, 5.41) is 20.2. The molecule has 40 heavy (non-hydrogen) atoms. The van der Waals surface area contributed by atoms with Crippen LogP contribution in [0.4, 0.5) is 0 Å². The summed E-state index contributed by atoms with van der Waals surface area (Å²) in [4.78, 5) is 42.3. The average molecular weight is 633 g/mol. The van der Waals surface area contributed by atoms with Crippen molar-refractivity contribution in [2.24, 2.45) is 0 Å². The molecule has 0 aliphatic carbocycles. The second-order valence-electron chi connectivity index (χ2n) is 8.71. The number of unbranched alkanes of at least 4 members (excludes halogenated alkanes) is 10. The van der Waals surface area contributed by atoms with E-state index < -0.39 is 69.8 Å². The number of carboxylic acids is 2. The Hall–Kier alpha value is -0.220. The number of carbonyl (C=O) groups excluding carboxylic acids is 4. The number of hydrogen-bond acceptors (Lipinski definition) is 12. The third-order valence-corrected chi connectivity index (χ3v) is 7.46. The van der Waals surface area contributed by atoms with Gasteiger partial charge >= 0.3 is 91.3 Å². The van der Waals surface area contributed by atoms with Crippen LogP contribution < -0.4 is 69.3 Å². The fraction of sp³-hybridized carbons (Fsp3) is 0.833. The van der Waals surface area contributed by atoms with Crippen LogP contribution in [-0.2, 0) is 47.8 Å². The molecule has 0 aliphatic heterocycles. The van der Waals surface area contributed by atoms with Gasteiger partial charge in [0.1, 0.15) is 0 Å². The molecule has 0 aliphatic rings. The SMILES string of the molecule is CCCCCCCCS(=O)(=O)OC(=O)CCC(=O)[O-].CCCCCCCCS(=O)(=O)OC(=O)CCC(=O)[O-].[Na+].[Na+]. The van der Waals surface area contributed by atoms with Crippen LogP contribution >= 0.6 is 0 Å². The molecule has 0 rings (SSSR count). The Balaban J connectivity index is -0.000000309. The van der Waals surface area contributed by atoms with Gasteiger partial charge < -0.3 is 28.2 Å². The minimum absolute atomic E-state index is 0. The van der Waals surface area contributed by atoms with Crippen LogP contribution in [0, 0.1) is 0 Å². The van der Waals surface area contributed by atoms with E-state index in [-0.39, 0.29) is 70.6 Å². The molecular formula is C24H42Na2O12S2. The van der Waals surface area contributed by atoms with Gasteiger partial charge in [-0.05, 0) is 25.7 Å². The molecule has 16 heteroatoms. The van der Waals surface area contributed by atoms with Crippen molar-refractivity contribution in [2.45, 2.75) is 117 Å². The molecule has 0 bridgehead atoms. The van der Waals surface area contributed by atoms with Crippen LogP contribution in [-0.4, -0.2) is 52.2 Å². The maximum atomic E-state index is 11.4. The van der Waals surface area contributed by atoms with Gasteiger partial charge in [-0.2, -0.15) is 16.8 Å². The Morgan fingerprint density at radius 1 is 0.500 bits per heavy atom. The number of hydrogen-bond donors (Lipinski definition) is 0. The Bertz CT molecular complexity index is 833. The fourth-order valence-corrected chi connectivity index (χ4v) is 4.99. The zero-order valence-electron chi connectivity index (χ0n) is 24.4. The van der Waals surface area contributed by atoms with Gasteiger partial charge in [-0.25, -0.2) is 0 Å². The molecule has 0 aromatic carbocycles. The Morgan fingerprint density at radius 3 is 1.05 bits per heavy atom. The van der Waals surface area contributed by atoms with Gasteiger partial charge in [0.05, 0.1) is 24.3 Å². The molecule has 0 saturated carbocycles. The fourth-order valence-electron chi connectivity index (χ4n) is 2.98. The molecule has 0 amide bonds. The molecule has 0 unspecified atom stereocenters. The predicted molar refractivity (Wildman–Crippen MR) is 135 cm³/mol. The first-order valence-electron chi connectivity index (χ1n) is 13.0. The van der Waals surface area contributed by atoms with Crippen LogP contribution in [0.1, 0.15) is 117 Å². The first-order valence-corrected chi connectivity index (χ1v) is 16.2. The van der Waals surface area contributed by atoms with Crippen LogP contribution in [0.25, 0.3) is 0 Å². The molecule has 0 N–H and O–H groups in total. The van der Waals surface area contributed by atoms with E-state index in [1.807, 2.05) is 0 Å². The summed E-state index contributed by atoms with van der Waals surface area (Å²) in [5.41, 5.74) is 0. The van der Waals surface area contributed by atoms with Crippen molar-refractivity contribution in [2.75, 3.05) is 11.5 Å². The number of carbonyl (C=O) groups is 4. The summed E-state index contributed by atoms with van der Waals surface area (Å²) in [7, 11) is -7.77. The van der Waals surface area contributed by atoms with Gasteiger partial charge in [-0.1, -0.05) is 78.1 Å². The quantitative estimate of drug-likeness (QED) is 0.0630. The van der Waals surface area contributed by atoms with Crippen molar-refractivity contribution in [3.63, 3.8) is 0 Å². The summed E-state index contributed by atoms with van der Waals surface area (Å²) in [6.07, 6.45) is 8.95. The van der Waals surface area contributed by atoms with E-state index in [1.54, 1.807) is 0 Å². The Kier molecular flexibility index (Phi) is 33.7. The molecule has 0 radical (unpaired) electrons. The van der Waals surface area contributed by atoms with Crippen LogP contribution in [0.3, 0.4) is 0 Å². The van der Waals surface area contributed by atoms with Crippen molar-refractivity contribution in [3.8, 4) is 0 Å². The van der Waals surface area contributed by atoms with Gasteiger partial charge in [0.25, 0.3) is 0 Å². The summed E-state index contributed by atoms with van der Waals surface area (Å²) >= 11 is 0. The van der Waals surface area contributed by atoms with Crippen molar-refractivity contribution in [1.29, 1.82) is 0 Å². The van der Waals surface area contributed by atoms with Gasteiger partial charge in [-0.15, -0.1) is 0 Å². The summed E-state index contributed by atoms with van der Waals surface area (Å²) in [6.45, 7) is 4.19. The second kappa shape index (κ2) is 28.9. The molecule has 12 nitrogen and oxygen atoms in total. The number of aliphatic carboxylic acids is 2. The molecule has 224 valence electrons. The van der Waals surface area contributed by atoms with Gasteiger partial charge in [0, 0.05) is 11.9 Å². The van der Waals surface area contributed by atoms with Gasteiger partial charge in [0.15, 0.2) is 0 Å². The zero-order valence-corrected chi connectivity index (χ0v) is 30.1. The largest absolute Gasteiger partial charge is 1.00 e. The van der Waals surface area contributed by atoms with E-state index in [4.69, 9.17) is 0 Å². The Labute approximate surface area is 283 Å². The van der Waals surface area contributed by atoms with Crippen molar-refractivity contribution >= 4 is 44.1 Å².